The number of benzene rings is 2. The van der Waals surface area contributed by atoms with E-state index in [-0.39, 0.29) is 17.7 Å². The molecule has 1 unspecified atom stereocenters. The third kappa shape index (κ3) is 4.97. The van der Waals surface area contributed by atoms with E-state index in [2.05, 4.69) is 10.3 Å². The van der Waals surface area contributed by atoms with Crippen molar-refractivity contribution < 1.29 is 19.4 Å². The van der Waals surface area contributed by atoms with Gasteiger partial charge in [0.05, 0.1) is 29.8 Å². The molecular weight excluding hydrogens is 428 g/mol. The van der Waals surface area contributed by atoms with Crippen LogP contribution < -0.4 is 14.8 Å². The minimum atomic E-state index is -0.985. The van der Waals surface area contributed by atoms with E-state index in [0.29, 0.717) is 22.2 Å². The van der Waals surface area contributed by atoms with E-state index in [4.69, 9.17) is 21.1 Å². The number of anilines is 1. The monoisotopic (exact) mass is 452 g/mol. The Bertz CT molecular complexity index is 1080. The Kier molecular flexibility index (Phi) is 6.81. The Hall–Kier alpha value is -3.25. The molecule has 3 aromatic rings. The van der Waals surface area contributed by atoms with Crippen molar-refractivity contribution >= 4 is 23.3 Å². The number of aromatic carboxylic acids is 1. The number of halogens is 1. The fourth-order valence-electron chi connectivity index (χ4n) is 4.01. The molecular formula is C25H25ClN2O4. The van der Waals surface area contributed by atoms with Crippen molar-refractivity contribution in [2.24, 2.45) is 0 Å². The number of carboxylic acids is 1. The summed E-state index contributed by atoms with van der Waals surface area (Å²) in [6, 6.07) is 13.8. The second-order valence-electron chi connectivity index (χ2n) is 7.80. The van der Waals surface area contributed by atoms with Crippen molar-refractivity contribution in [2.45, 2.75) is 37.8 Å². The van der Waals surface area contributed by atoms with Gasteiger partial charge in [0.15, 0.2) is 11.5 Å². The third-order valence-electron chi connectivity index (χ3n) is 5.63. The van der Waals surface area contributed by atoms with Crippen molar-refractivity contribution in [3.8, 4) is 11.5 Å². The summed E-state index contributed by atoms with van der Waals surface area (Å²) in [5.41, 5.74) is 2.52. The zero-order valence-electron chi connectivity index (χ0n) is 17.8. The summed E-state index contributed by atoms with van der Waals surface area (Å²) in [4.78, 5) is 15.7. The Morgan fingerprint density at radius 2 is 1.97 bits per heavy atom. The number of rotatable bonds is 8. The van der Waals surface area contributed by atoms with Gasteiger partial charge in [-0.15, -0.1) is 0 Å². The van der Waals surface area contributed by atoms with E-state index in [0.717, 1.165) is 36.8 Å². The minimum absolute atomic E-state index is 0.162. The molecule has 32 heavy (non-hydrogen) atoms. The molecule has 0 bridgehead atoms. The number of nitrogens with one attached hydrogen (secondary N) is 1. The van der Waals surface area contributed by atoms with Gasteiger partial charge in [0.2, 0.25) is 0 Å². The van der Waals surface area contributed by atoms with Crippen LogP contribution in [0.1, 0.15) is 53.2 Å². The second-order valence-corrected chi connectivity index (χ2v) is 8.21. The fourth-order valence-corrected chi connectivity index (χ4v) is 4.27. The maximum atomic E-state index is 11.4. The van der Waals surface area contributed by atoms with E-state index in [1.807, 2.05) is 24.3 Å². The first-order valence-corrected chi connectivity index (χ1v) is 11.0. The summed E-state index contributed by atoms with van der Waals surface area (Å²) in [7, 11) is 1.60. The number of carboxylic acid groups (broad SMARTS) is 1. The number of methoxy groups -OCH3 is 1. The van der Waals surface area contributed by atoms with Gasteiger partial charge in [-0.1, -0.05) is 23.7 Å². The molecule has 0 spiro atoms. The molecule has 2 aromatic carbocycles. The molecule has 1 atom stereocenters. The van der Waals surface area contributed by atoms with Crippen LogP contribution in [0.3, 0.4) is 0 Å². The number of aromatic nitrogens is 1. The molecule has 7 heteroatoms. The molecule has 1 saturated carbocycles. The zero-order valence-corrected chi connectivity index (χ0v) is 18.5. The van der Waals surface area contributed by atoms with Gasteiger partial charge in [0.1, 0.15) is 0 Å². The standard InChI is InChI=1S/C25H25ClN2O4/c1-31-22-14-21(26)20(13-23(22)32-19-9-2-3-10-19)24(17-7-5-11-27-15-17)28-18-8-4-6-16(12-18)25(29)30/h4-8,11-15,19,24,28H,2-3,9-10H2,1H3,(H,29,30). The largest absolute Gasteiger partial charge is 0.493 e. The average Bonchev–Trinajstić information content (AvgIpc) is 3.32. The number of hydrogen-bond donors (Lipinski definition) is 2. The van der Waals surface area contributed by atoms with Crippen LogP contribution >= 0.6 is 11.6 Å². The Balaban J connectivity index is 1.75. The summed E-state index contributed by atoms with van der Waals surface area (Å²) in [6.45, 7) is 0. The van der Waals surface area contributed by atoms with E-state index in [9.17, 15) is 9.90 Å². The molecule has 0 radical (unpaired) electrons. The quantitative estimate of drug-likeness (QED) is 0.438. The van der Waals surface area contributed by atoms with Crippen LogP contribution in [-0.4, -0.2) is 29.3 Å². The Morgan fingerprint density at radius 1 is 1.16 bits per heavy atom. The van der Waals surface area contributed by atoms with Crippen molar-refractivity contribution in [3.63, 3.8) is 0 Å². The van der Waals surface area contributed by atoms with Gasteiger partial charge in [-0.2, -0.15) is 0 Å². The van der Waals surface area contributed by atoms with E-state index in [1.54, 1.807) is 43.8 Å². The molecule has 1 aliphatic carbocycles. The van der Waals surface area contributed by atoms with Crippen LogP contribution in [0.2, 0.25) is 5.02 Å². The first-order valence-electron chi connectivity index (χ1n) is 10.6. The summed E-state index contributed by atoms with van der Waals surface area (Å²) in [5, 5.41) is 13.3. The Labute approximate surface area is 192 Å². The summed E-state index contributed by atoms with van der Waals surface area (Å²) in [6.07, 6.45) is 7.99. The molecule has 4 rings (SSSR count). The van der Waals surface area contributed by atoms with E-state index >= 15 is 0 Å². The lowest BCUT2D eigenvalue weighted by Crippen LogP contribution is -2.16. The maximum absolute atomic E-state index is 11.4. The lowest BCUT2D eigenvalue weighted by atomic mass is 9.98. The van der Waals surface area contributed by atoms with Gasteiger partial charge < -0.3 is 19.9 Å². The number of nitrogens with zero attached hydrogens (tertiary/aromatic N) is 1. The smallest absolute Gasteiger partial charge is 0.335 e. The fraction of sp³-hybridized carbons (Fsp3) is 0.280. The van der Waals surface area contributed by atoms with Gasteiger partial charge in [0.25, 0.3) is 0 Å². The molecule has 0 amide bonds. The Morgan fingerprint density at radius 3 is 2.66 bits per heavy atom. The van der Waals surface area contributed by atoms with Crippen LogP contribution in [0.25, 0.3) is 0 Å². The molecule has 1 heterocycles. The lowest BCUT2D eigenvalue weighted by Gasteiger charge is -2.24. The second kappa shape index (κ2) is 9.92. The predicted molar refractivity (Wildman–Crippen MR) is 124 cm³/mol. The molecule has 1 aromatic heterocycles. The van der Waals surface area contributed by atoms with Gasteiger partial charge in [0, 0.05) is 29.7 Å². The van der Waals surface area contributed by atoms with Crippen molar-refractivity contribution in [2.75, 3.05) is 12.4 Å². The number of pyridine rings is 1. The predicted octanol–water partition coefficient (Wildman–Crippen LogP) is 5.96. The number of carbonyl (C=O) groups is 1. The zero-order chi connectivity index (χ0) is 22.5. The van der Waals surface area contributed by atoms with Gasteiger partial charge in [-0.05, 0) is 61.6 Å². The van der Waals surface area contributed by atoms with Gasteiger partial charge >= 0.3 is 5.97 Å². The third-order valence-corrected chi connectivity index (χ3v) is 5.96. The van der Waals surface area contributed by atoms with Crippen LogP contribution in [0.15, 0.2) is 60.9 Å². The highest BCUT2D eigenvalue weighted by Gasteiger charge is 2.24. The highest BCUT2D eigenvalue weighted by Crippen LogP contribution is 2.40. The first-order chi connectivity index (χ1) is 15.5. The van der Waals surface area contributed by atoms with E-state index in [1.165, 1.54) is 0 Å². The highest BCUT2D eigenvalue weighted by atomic mass is 35.5. The van der Waals surface area contributed by atoms with Crippen molar-refractivity contribution in [1.29, 1.82) is 0 Å². The maximum Gasteiger partial charge on any atom is 0.335 e. The normalized spacial score (nSPS) is 14.7. The number of ether oxygens (including phenoxy) is 2. The SMILES string of the molecule is COc1cc(Cl)c(C(Nc2cccc(C(=O)O)c2)c2cccnc2)cc1OC1CCCC1. The molecule has 2 N–H and O–H groups in total. The van der Waals surface area contributed by atoms with Gasteiger partial charge in [-0.25, -0.2) is 4.79 Å². The lowest BCUT2D eigenvalue weighted by molar-refractivity contribution is 0.0697. The van der Waals surface area contributed by atoms with Crippen LogP contribution in [0.4, 0.5) is 5.69 Å². The summed E-state index contributed by atoms with van der Waals surface area (Å²) in [5.74, 6) is 0.249. The van der Waals surface area contributed by atoms with Crippen LogP contribution in [0, 0.1) is 0 Å². The van der Waals surface area contributed by atoms with Crippen molar-refractivity contribution in [3.05, 3.63) is 82.6 Å². The van der Waals surface area contributed by atoms with Crippen LogP contribution in [-0.2, 0) is 0 Å². The summed E-state index contributed by atoms with van der Waals surface area (Å²) < 4.78 is 11.8. The molecule has 166 valence electrons. The van der Waals surface area contributed by atoms with Crippen LogP contribution in [0.5, 0.6) is 11.5 Å². The summed E-state index contributed by atoms with van der Waals surface area (Å²) >= 11 is 6.70. The first kappa shape index (κ1) is 22.0. The minimum Gasteiger partial charge on any atom is -0.493 e. The van der Waals surface area contributed by atoms with Crippen molar-refractivity contribution in [1.82, 2.24) is 4.98 Å². The number of hydrogen-bond acceptors (Lipinski definition) is 5. The molecule has 0 aliphatic heterocycles. The molecule has 1 fully saturated rings. The van der Waals surface area contributed by atoms with Gasteiger partial charge in [-0.3, -0.25) is 4.98 Å². The molecule has 1 aliphatic rings. The average molecular weight is 453 g/mol. The molecule has 0 saturated heterocycles. The molecule has 6 nitrogen and oxygen atoms in total. The topological polar surface area (TPSA) is 80.7 Å². The van der Waals surface area contributed by atoms with E-state index < -0.39 is 5.97 Å². The highest BCUT2D eigenvalue weighted by molar-refractivity contribution is 6.31.